The number of thiocarbonyl (C=S) groups is 1. The number of hydrogen-bond acceptors (Lipinski definition) is 4. The normalized spacial score (nSPS) is 22.0. The zero-order valence-electron chi connectivity index (χ0n) is 13.2. The van der Waals surface area contributed by atoms with Crippen molar-refractivity contribution in [2.24, 2.45) is 5.73 Å². The summed E-state index contributed by atoms with van der Waals surface area (Å²) in [6.07, 6.45) is 0.221. The van der Waals surface area contributed by atoms with Crippen molar-refractivity contribution in [3.05, 3.63) is 29.3 Å². The first kappa shape index (κ1) is 16.2. The molecule has 0 radical (unpaired) electrons. The number of nitrogens with zero attached hydrogens (tertiary/aromatic N) is 1. The molecule has 4 nitrogen and oxygen atoms in total. The van der Waals surface area contributed by atoms with Crippen molar-refractivity contribution in [1.29, 1.82) is 0 Å². The summed E-state index contributed by atoms with van der Waals surface area (Å²) in [5.41, 5.74) is 7.58. The zero-order valence-corrected chi connectivity index (χ0v) is 14.0. The van der Waals surface area contributed by atoms with Crippen molar-refractivity contribution in [3.63, 3.8) is 0 Å². The fourth-order valence-corrected chi connectivity index (χ4v) is 3.13. The Morgan fingerprint density at radius 2 is 2.24 bits per heavy atom. The van der Waals surface area contributed by atoms with Gasteiger partial charge in [0.15, 0.2) is 0 Å². The fourth-order valence-electron chi connectivity index (χ4n) is 3.00. The third kappa shape index (κ3) is 4.15. The van der Waals surface area contributed by atoms with Gasteiger partial charge >= 0.3 is 0 Å². The van der Waals surface area contributed by atoms with Gasteiger partial charge in [0.1, 0.15) is 10.7 Å². The number of benzene rings is 1. The number of hydrogen-bond donors (Lipinski definition) is 1. The van der Waals surface area contributed by atoms with E-state index in [0.29, 0.717) is 4.99 Å². The Morgan fingerprint density at radius 3 is 2.81 bits per heavy atom. The molecule has 1 aromatic carbocycles. The molecule has 116 valence electrons. The first-order chi connectivity index (χ1) is 9.80. The third-order valence-corrected chi connectivity index (χ3v) is 3.83. The summed E-state index contributed by atoms with van der Waals surface area (Å²) in [6, 6.07) is 5.85. The van der Waals surface area contributed by atoms with Gasteiger partial charge in [-0.25, -0.2) is 0 Å². The Labute approximate surface area is 132 Å². The van der Waals surface area contributed by atoms with E-state index in [-0.39, 0.29) is 11.7 Å². The Bertz CT molecular complexity index is 531. The van der Waals surface area contributed by atoms with Gasteiger partial charge in [-0.15, -0.1) is 0 Å². The number of ether oxygens (including phenoxy) is 2. The first-order valence-electron chi connectivity index (χ1n) is 7.17. The molecule has 2 rings (SSSR count). The topological polar surface area (TPSA) is 47.7 Å². The Morgan fingerprint density at radius 1 is 1.52 bits per heavy atom. The largest absolute Gasteiger partial charge is 0.496 e. The van der Waals surface area contributed by atoms with Crippen LogP contribution in [0.25, 0.3) is 0 Å². The molecule has 0 bridgehead atoms. The predicted molar refractivity (Wildman–Crippen MR) is 88.8 cm³/mol. The molecule has 1 saturated heterocycles. The third-order valence-electron chi connectivity index (χ3n) is 3.60. The van der Waals surface area contributed by atoms with Crippen LogP contribution in [0.1, 0.15) is 31.9 Å². The first-order valence-corrected chi connectivity index (χ1v) is 7.58. The van der Waals surface area contributed by atoms with Crippen LogP contribution in [-0.4, -0.2) is 41.8 Å². The van der Waals surface area contributed by atoms with Gasteiger partial charge in [0, 0.05) is 30.8 Å². The average molecular weight is 308 g/mol. The molecular weight excluding hydrogens is 284 g/mol. The second kappa shape index (κ2) is 6.30. The molecule has 1 aliphatic heterocycles. The highest BCUT2D eigenvalue weighted by atomic mass is 32.1. The van der Waals surface area contributed by atoms with Gasteiger partial charge in [0.05, 0.1) is 18.8 Å². The van der Waals surface area contributed by atoms with Crippen molar-refractivity contribution < 1.29 is 9.47 Å². The van der Waals surface area contributed by atoms with Crippen LogP contribution in [0, 0.1) is 0 Å². The molecule has 1 aliphatic rings. The molecular formula is C16H24N2O2S. The minimum absolute atomic E-state index is 0.133. The van der Waals surface area contributed by atoms with Crippen molar-refractivity contribution >= 4 is 17.2 Å². The van der Waals surface area contributed by atoms with Crippen molar-refractivity contribution in [2.45, 2.75) is 39.0 Å². The van der Waals surface area contributed by atoms with Crippen LogP contribution in [-0.2, 0) is 11.3 Å². The van der Waals surface area contributed by atoms with Crippen LogP contribution in [0.3, 0.4) is 0 Å². The zero-order chi connectivity index (χ0) is 15.6. The van der Waals surface area contributed by atoms with E-state index < -0.39 is 0 Å². The minimum Gasteiger partial charge on any atom is -0.496 e. The number of methoxy groups -OCH3 is 1. The molecule has 0 spiro atoms. The van der Waals surface area contributed by atoms with Crippen molar-refractivity contribution in [3.8, 4) is 5.75 Å². The lowest BCUT2D eigenvalue weighted by Crippen LogP contribution is -2.51. The van der Waals surface area contributed by atoms with E-state index in [9.17, 15) is 0 Å². The maximum Gasteiger partial charge on any atom is 0.123 e. The van der Waals surface area contributed by atoms with E-state index in [4.69, 9.17) is 27.4 Å². The maximum atomic E-state index is 5.95. The van der Waals surface area contributed by atoms with Crippen LogP contribution in [0.5, 0.6) is 5.75 Å². The Hall–Kier alpha value is -1.17. The van der Waals surface area contributed by atoms with Crippen LogP contribution in [0.2, 0.25) is 0 Å². The summed E-state index contributed by atoms with van der Waals surface area (Å²) in [7, 11) is 1.69. The molecule has 21 heavy (non-hydrogen) atoms. The van der Waals surface area contributed by atoms with E-state index in [0.717, 1.165) is 36.5 Å². The average Bonchev–Trinajstić information content (AvgIpc) is 2.36. The molecule has 1 aromatic rings. The van der Waals surface area contributed by atoms with Crippen LogP contribution < -0.4 is 10.5 Å². The quantitative estimate of drug-likeness (QED) is 0.865. The van der Waals surface area contributed by atoms with Crippen molar-refractivity contribution in [2.75, 3.05) is 20.2 Å². The van der Waals surface area contributed by atoms with E-state index in [1.54, 1.807) is 7.11 Å². The summed E-state index contributed by atoms with van der Waals surface area (Å²) in [4.78, 5) is 2.80. The Kier molecular flexibility index (Phi) is 4.86. The molecule has 0 saturated carbocycles. The second-order valence-electron chi connectivity index (χ2n) is 6.25. The van der Waals surface area contributed by atoms with E-state index in [1.807, 2.05) is 18.2 Å². The van der Waals surface area contributed by atoms with Gasteiger partial charge in [-0.3, -0.25) is 4.90 Å². The summed E-state index contributed by atoms with van der Waals surface area (Å²) in [6.45, 7) is 8.95. The number of nitrogens with two attached hydrogens (primary N) is 1. The van der Waals surface area contributed by atoms with Crippen LogP contribution >= 0.6 is 12.2 Å². The molecule has 0 aromatic heterocycles. The van der Waals surface area contributed by atoms with E-state index >= 15 is 0 Å². The number of rotatable bonds is 4. The summed E-state index contributed by atoms with van der Waals surface area (Å²) in [5.74, 6) is 0.868. The predicted octanol–water partition coefficient (Wildman–Crippen LogP) is 2.33. The van der Waals surface area contributed by atoms with Gasteiger partial charge in [-0.2, -0.15) is 0 Å². The highest BCUT2D eigenvalue weighted by Crippen LogP contribution is 2.26. The lowest BCUT2D eigenvalue weighted by atomic mass is 10.0. The summed E-state index contributed by atoms with van der Waals surface area (Å²) in [5, 5.41) is 0. The fraction of sp³-hybridized carbons (Fsp3) is 0.562. The molecule has 1 unspecified atom stereocenters. The highest BCUT2D eigenvalue weighted by molar-refractivity contribution is 7.80. The monoisotopic (exact) mass is 308 g/mol. The van der Waals surface area contributed by atoms with Gasteiger partial charge in [-0.1, -0.05) is 12.2 Å². The summed E-state index contributed by atoms with van der Waals surface area (Å²) >= 11 is 5.06. The van der Waals surface area contributed by atoms with E-state index in [1.165, 1.54) is 0 Å². The maximum absolute atomic E-state index is 5.95. The summed E-state index contributed by atoms with van der Waals surface area (Å²) < 4.78 is 11.4. The molecule has 1 atom stereocenters. The lowest BCUT2D eigenvalue weighted by molar-refractivity contribution is -0.130. The molecule has 2 N–H and O–H groups in total. The second-order valence-corrected chi connectivity index (χ2v) is 6.69. The SMILES string of the molecule is COc1ccc(C(N)=S)cc1CN1CC(C)OC(C)(C)C1. The van der Waals surface area contributed by atoms with Crippen molar-refractivity contribution in [1.82, 2.24) is 4.90 Å². The van der Waals surface area contributed by atoms with E-state index in [2.05, 4.69) is 25.7 Å². The standard InChI is InChI=1S/C16H24N2O2S/c1-11-8-18(10-16(2,3)20-11)9-13-7-12(15(17)21)5-6-14(13)19-4/h5-7,11H,8-10H2,1-4H3,(H2,17,21). The molecule has 1 heterocycles. The van der Waals surface area contributed by atoms with Gasteiger partial charge in [0.25, 0.3) is 0 Å². The lowest BCUT2D eigenvalue weighted by Gasteiger charge is -2.41. The number of morpholine rings is 1. The van der Waals surface area contributed by atoms with Gasteiger partial charge in [-0.05, 0) is 39.0 Å². The smallest absolute Gasteiger partial charge is 0.123 e. The molecule has 1 fully saturated rings. The van der Waals surface area contributed by atoms with Crippen LogP contribution in [0.15, 0.2) is 18.2 Å². The van der Waals surface area contributed by atoms with Gasteiger partial charge < -0.3 is 15.2 Å². The minimum atomic E-state index is -0.133. The van der Waals surface area contributed by atoms with Gasteiger partial charge in [0.2, 0.25) is 0 Å². The molecule has 5 heteroatoms. The van der Waals surface area contributed by atoms with Crippen LogP contribution in [0.4, 0.5) is 0 Å². The molecule has 0 amide bonds. The highest BCUT2D eigenvalue weighted by Gasteiger charge is 2.31. The Balaban J connectivity index is 2.21. The molecule has 0 aliphatic carbocycles.